The summed E-state index contributed by atoms with van der Waals surface area (Å²) in [6.45, 7) is 1.97. The number of hydrazone groups is 1. The van der Waals surface area contributed by atoms with Crippen molar-refractivity contribution in [1.29, 1.82) is 0 Å². The number of halogens is 1. The van der Waals surface area contributed by atoms with Crippen LogP contribution >= 0.6 is 11.6 Å². The predicted octanol–water partition coefficient (Wildman–Crippen LogP) is 3.99. The molecule has 0 unspecified atom stereocenters. The van der Waals surface area contributed by atoms with Gasteiger partial charge in [0.1, 0.15) is 0 Å². The molecule has 25 heavy (non-hydrogen) atoms. The van der Waals surface area contributed by atoms with E-state index in [0.29, 0.717) is 17.1 Å². The lowest BCUT2D eigenvalue weighted by Crippen LogP contribution is -2.22. The lowest BCUT2D eigenvalue weighted by molar-refractivity contribution is -0.124. The van der Waals surface area contributed by atoms with E-state index in [1.165, 1.54) is 0 Å². The maximum absolute atomic E-state index is 11.9. The number of hydrogen-bond donors (Lipinski definition) is 2. The first-order chi connectivity index (χ1) is 12.1. The molecule has 0 spiro atoms. The molecule has 130 valence electrons. The summed E-state index contributed by atoms with van der Waals surface area (Å²) in [6, 6.07) is 16.6. The van der Waals surface area contributed by atoms with Gasteiger partial charge in [-0.05, 0) is 24.1 Å². The number of carbonyl (C=O) groups is 2. The smallest absolute Gasteiger partial charge is 0.240 e. The van der Waals surface area contributed by atoms with E-state index in [2.05, 4.69) is 15.8 Å². The number of nitrogens with one attached hydrogen (secondary N) is 2. The van der Waals surface area contributed by atoms with Crippen LogP contribution in [0, 0.1) is 0 Å². The molecule has 0 bridgehead atoms. The molecule has 0 aliphatic rings. The maximum atomic E-state index is 11.9. The highest BCUT2D eigenvalue weighted by Gasteiger charge is 2.09. The summed E-state index contributed by atoms with van der Waals surface area (Å²) in [6.07, 6.45) is 0.794. The Morgan fingerprint density at radius 3 is 2.28 bits per heavy atom. The monoisotopic (exact) mass is 357 g/mol. The normalized spacial score (nSPS) is 11.0. The molecule has 0 aliphatic carbocycles. The fourth-order valence-corrected chi connectivity index (χ4v) is 2.35. The Labute approximate surface area is 152 Å². The van der Waals surface area contributed by atoms with Gasteiger partial charge in [0.2, 0.25) is 11.8 Å². The first kappa shape index (κ1) is 18.7. The van der Waals surface area contributed by atoms with Crippen molar-refractivity contribution in [3.63, 3.8) is 0 Å². The van der Waals surface area contributed by atoms with Crippen molar-refractivity contribution in [3.8, 4) is 0 Å². The number of rotatable bonds is 7. The molecule has 0 heterocycles. The SMILES string of the molecule is CC/C(=N\NC(=O)CCC(=O)Nc1ccccc1Cl)c1ccccc1. The van der Waals surface area contributed by atoms with E-state index >= 15 is 0 Å². The Balaban J connectivity index is 1.83. The Bertz CT molecular complexity index is 760. The van der Waals surface area contributed by atoms with Crippen LogP contribution in [0.15, 0.2) is 59.7 Å². The molecule has 0 fully saturated rings. The molecule has 2 rings (SSSR count). The number of amides is 2. The summed E-state index contributed by atoms with van der Waals surface area (Å²) < 4.78 is 0. The van der Waals surface area contributed by atoms with Crippen LogP contribution in [0.2, 0.25) is 5.02 Å². The van der Waals surface area contributed by atoms with Gasteiger partial charge < -0.3 is 5.32 Å². The van der Waals surface area contributed by atoms with E-state index in [1.807, 2.05) is 37.3 Å². The summed E-state index contributed by atoms with van der Waals surface area (Å²) >= 11 is 5.98. The van der Waals surface area contributed by atoms with E-state index < -0.39 is 0 Å². The standard InChI is InChI=1S/C19H20ClN3O2/c1-2-16(14-8-4-3-5-9-14)22-23-19(25)13-12-18(24)21-17-11-7-6-10-15(17)20/h3-11H,2,12-13H2,1H3,(H,21,24)(H,23,25)/b22-16+. The second-order valence-corrected chi connectivity index (χ2v) is 5.75. The molecule has 2 aromatic rings. The number of carbonyl (C=O) groups excluding carboxylic acids is 2. The Morgan fingerprint density at radius 2 is 1.60 bits per heavy atom. The van der Waals surface area contributed by atoms with Crippen LogP contribution in [0.25, 0.3) is 0 Å². The second-order valence-electron chi connectivity index (χ2n) is 5.34. The van der Waals surface area contributed by atoms with Crippen LogP contribution < -0.4 is 10.7 Å². The van der Waals surface area contributed by atoms with Gasteiger partial charge in [0.15, 0.2) is 0 Å². The highest BCUT2D eigenvalue weighted by molar-refractivity contribution is 6.33. The van der Waals surface area contributed by atoms with Gasteiger partial charge >= 0.3 is 0 Å². The van der Waals surface area contributed by atoms with Gasteiger partial charge in [0.05, 0.1) is 16.4 Å². The van der Waals surface area contributed by atoms with Crippen molar-refractivity contribution in [3.05, 3.63) is 65.2 Å². The summed E-state index contributed by atoms with van der Waals surface area (Å²) in [5, 5.41) is 7.29. The zero-order valence-corrected chi connectivity index (χ0v) is 14.7. The fourth-order valence-electron chi connectivity index (χ4n) is 2.17. The van der Waals surface area contributed by atoms with Crippen LogP contribution in [0.3, 0.4) is 0 Å². The minimum absolute atomic E-state index is 0.0472. The Morgan fingerprint density at radius 1 is 0.960 bits per heavy atom. The summed E-state index contributed by atoms with van der Waals surface area (Å²) in [7, 11) is 0. The molecule has 0 radical (unpaired) electrons. The molecule has 0 saturated heterocycles. The Kier molecular flexibility index (Phi) is 7.16. The molecule has 5 nitrogen and oxygen atoms in total. The van der Waals surface area contributed by atoms with Crippen molar-refractivity contribution in [2.75, 3.05) is 5.32 Å². The molecule has 2 amide bonds. The van der Waals surface area contributed by atoms with E-state index in [1.54, 1.807) is 24.3 Å². The van der Waals surface area contributed by atoms with Crippen LogP contribution in [0.4, 0.5) is 5.69 Å². The molecule has 0 aromatic heterocycles. The lowest BCUT2D eigenvalue weighted by Gasteiger charge is -2.07. The third kappa shape index (κ3) is 6.04. The van der Waals surface area contributed by atoms with Gasteiger partial charge in [-0.1, -0.05) is 61.0 Å². The summed E-state index contributed by atoms with van der Waals surface area (Å²) in [5.74, 6) is -0.581. The number of hydrogen-bond acceptors (Lipinski definition) is 3. The first-order valence-corrected chi connectivity index (χ1v) is 8.43. The van der Waals surface area contributed by atoms with E-state index in [0.717, 1.165) is 11.3 Å². The Hall–Kier alpha value is -2.66. The summed E-state index contributed by atoms with van der Waals surface area (Å²) in [5.41, 5.74) is 4.78. The molecule has 2 N–H and O–H groups in total. The minimum Gasteiger partial charge on any atom is -0.325 e. The zero-order chi connectivity index (χ0) is 18.1. The van der Waals surface area contributed by atoms with Gasteiger partial charge in [-0.2, -0.15) is 5.10 Å². The van der Waals surface area contributed by atoms with Crippen LogP contribution in [-0.4, -0.2) is 17.5 Å². The lowest BCUT2D eigenvalue weighted by atomic mass is 10.1. The van der Waals surface area contributed by atoms with Crippen molar-refractivity contribution in [2.45, 2.75) is 26.2 Å². The largest absolute Gasteiger partial charge is 0.325 e. The average molecular weight is 358 g/mol. The highest BCUT2D eigenvalue weighted by Crippen LogP contribution is 2.20. The number of para-hydroxylation sites is 1. The number of anilines is 1. The van der Waals surface area contributed by atoms with Gasteiger partial charge in [0.25, 0.3) is 0 Å². The van der Waals surface area contributed by atoms with E-state index in [4.69, 9.17) is 11.6 Å². The third-order valence-electron chi connectivity index (χ3n) is 3.48. The van der Waals surface area contributed by atoms with E-state index in [9.17, 15) is 9.59 Å². The molecular weight excluding hydrogens is 338 g/mol. The zero-order valence-electron chi connectivity index (χ0n) is 14.0. The van der Waals surface area contributed by atoms with Crippen molar-refractivity contribution < 1.29 is 9.59 Å². The number of benzene rings is 2. The molecule has 2 aromatic carbocycles. The fraction of sp³-hybridized carbons (Fsp3) is 0.211. The molecule has 6 heteroatoms. The van der Waals surface area contributed by atoms with Gasteiger partial charge in [-0.25, -0.2) is 5.43 Å². The van der Waals surface area contributed by atoms with Crippen molar-refractivity contribution in [1.82, 2.24) is 5.43 Å². The highest BCUT2D eigenvalue weighted by atomic mass is 35.5. The van der Waals surface area contributed by atoms with Crippen molar-refractivity contribution >= 4 is 34.8 Å². The van der Waals surface area contributed by atoms with Crippen LogP contribution in [0.1, 0.15) is 31.7 Å². The topological polar surface area (TPSA) is 70.6 Å². The van der Waals surface area contributed by atoms with Crippen molar-refractivity contribution in [2.24, 2.45) is 5.10 Å². The number of nitrogens with zero attached hydrogens (tertiary/aromatic N) is 1. The molecule has 0 saturated carbocycles. The minimum atomic E-state index is -0.309. The second kappa shape index (κ2) is 9.59. The third-order valence-corrected chi connectivity index (χ3v) is 3.81. The van der Waals surface area contributed by atoms with Gasteiger partial charge in [0, 0.05) is 12.8 Å². The first-order valence-electron chi connectivity index (χ1n) is 8.05. The predicted molar refractivity (Wildman–Crippen MR) is 101 cm³/mol. The quantitative estimate of drug-likeness (QED) is 0.581. The van der Waals surface area contributed by atoms with Crippen LogP contribution in [0.5, 0.6) is 0 Å². The van der Waals surface area contributed by atoms with Gasteiger partial charge in [-0.3, -0.25) is 9.59 Å². The molecule has 0 aliphatic heterocycles. The molecule has 0 atom stereocenters. The van der Waals surface area contributed by atoms with Crippen LogP contribution in [-0.2, 0) is 9.59 Å². The van der Waals surface area contributed by atoms with E-state index in [-0.39, 0.29) is 24.7 Å². The molecular formula is C19H20ClN3O2. The van der Waals surface area contributed by atoms with Gasteiger partial charge in [-0.15, -0.1) is 0 Å². The average Bonchev–Trinajstić information content (AvgIpc) is 2.63. The summed E-state index contributed by atoms with van der Waals surface area (Å²) in [4.78, 5) is 23.8. The maximum Gasteiger partial charge on any atom is 0.240 e.